The Bertz CT molecular complexity index is 314. The Hall–Kier alpha value is -1.06. The van der Waals surface area contributed by atoms with Crippen LogP contribution in [0.25, 0.3) is 0 Å². The molecule has 0 rings (SSSR count). The second kappa shape index (κ2) is 12.5. The van der Waals surface area contributed by atoms with Crippen molar-refractivity contribution >= 4 is 11.9 Å². The smallest absolute Gasteiger partial charge is 0.309 e. The standard InChI is InChI=1S/C18H34O4/c1-3-5-6-11-14-18(4-2,17(21)22)15-12-9-7-8-10-13-16(19)20/h3-15H2,1-2H3,(H,19,20)(H,21,22). The maximum atomic E-state index is 11.7. The van der Waals surface area contributed by atoms with Crippen LogP contribution in [-0.2, 0) is 9.59 Å². The Labute approximate surface area is 135 Å². The molecule has 0 amide bonds. The zero-order valence-electron chi connectivity index (χ0n) is 14.4. The molecule has 130 valence electrons. The number of hydrogen-bond acceptors (Lipinski definition) is 2. The number of unbranched alkanes of at least 4 members (excludes halogenated alkanes) is 7. The van der Waals surface area contributed by atoms with Crippen molar-refractivity contribution in [1.29, 1.82) is 0 Å². The predicted octanol–water partition coefficient (Wildman–Crippen LogP) is 5.25. The number of rotatable bonds is 15. The molecular formula is C18H34O4. The molecule has 0 aliphatic rings. The minimum absolute atomic E-state index is 0.242. The van der Waals surface area contributed by atoms with Crippen LogP contribution in [0.15, 0.2) is 0 Å². The maximum Gasteiger partial charge on any atom is 0.309 e. The van der Waals surface area contributed by atoms with Gasteiger partial charge in [0.25, 0.3) is 0 Å². The second-order valence-corrected chi connectivity index (χ2v) is 6.41. The minimum atomic E-state index is -0.733. The first-order valence-electron chi connectivity index (χ1n) is 8.93. The van der Waals surface area contributed by atoms with Crippen LogP contribution >= 0.6 is 0 Å². The summed E-state index contributed by atoms with van der Waals surface area (Å²) in [5, 5.41) is 18.2. The lowest BCUT2D eigenvalue weighted by atomic mass is 9.76. The van der Waals surface area contributed by atoms with Crippen molar-refractivity contribution in [3.05, 3.63) is 0 Å². The average molecular weight is 314 g/mol. The van der Waals surface area contributed by atoms with E-state index in [1.54, 1.807) is 0 Å². The van der Waals surface area contributed by atoms with E-state index in [0.29, 0.717) is 6.42 Å². The summed E-state index contributed by atoms with van der Waals surface area (Å²) < 4.78 is 0. The number of carbonyl (C=O) groups is 2. The van der Waals surface area contributed by atoms with Gasteiger partial charge >= 0.3 is 11.9 Å². The van der Waals surface area contributed by atoms with E-state index in [2.05, 4.69) is 6.92 Å². The van der Waals surface area contributed by atoms with Gasteiger partial charge in [-0.25, -0.2) is 0 Å². The van der Waals surface area contributed by atoms with E-state index in [4.69, 9.17) is 5.11 Å². The fourth-order valence-electron chi connectivity index (χ4n) is 3.00. The Kier molecular flexibility index (Phi) is 11.9. The van der Waals surface area contributed by atoms with Gasteiger partial charge in [0.15, 0.2) is 0 Å². The largest absolute Gasteiger partial charge is 0.481 e. The van der Waals surface area contributed by atoms with E-state index >= 15 is 0 Å². The molecule has 0 radical (unpaired) electrons. The van der Waals surface area contributed by atoms with Gasteiger partial charge in [-0.2, -0.15) is 0 Å². The van der Waals surface area contributed by atoms with Crippen LogP contribution in [0.2, 0.25) is 0 Å². The molecule has 4 heteroatoms. The van der Waals surface area contributed by atoms with E-state index < -0.39 is 17.4 Å². The van der Waals surface area contributed by atoms with Crippen LogP contribution in [0, 0.1) is 5.41 Å². The fraction of sp³-hybridized carbons (Fsp3) is 0.889. The van der Waals surface area contributed by atoms with Gasteiger partial charge in [-0.15, -0.1) is 0 Å². The molecule has 1 atom stereocenters. The summed E-state index contributed by atoms with van der Waals surface area (Å²) in [5.41, 5.74) is -0.547. The van der Waals surface area contributed by atoms with Crippen molar-refractivity contribution in [2.24, 2.45) is 5.41 Å². The van der Waals surface area contributed by atoms with Gasteiger partial charge in [0, 0.05) is 6.42 Å². The molecule has 0 aromatic carbocycles. The SMILES string of the molecule is CCCCCCC(CC)(CCCCCCCC(=O)O)C(=O)O. The average Bonchev–Trinajstić information content (AvgIpc) is 2.48. The second-order valence-electron chi connectivity index (χ2n) is 6.41. The summed E-state index contributed by atoms with van der Waals surface area (Å²) in [6, 6.07) is 0. The Morgan fingerprint density at radius 2 is 1.27 bits per heavy atom. The van der Waals surface area contributed by atoms with E-state index in [1.807, 2.05) is 6.92 Å². The van der Waals surface area contributed by atoms with Crippen LogP contribution < -0.4 is 0 Å². The van der Waals surface area contributed by atoms with Crippen molar-refractivity contribution in [3.63, 3.8) is 0 Å². The normalized spacial score (nSPS) is 13.7. The lowest BCUT2D eigenvalue weighted by Crippen LogP contribution is -2.30. The van der Waals surface area contributed by atoms with E-state index in [1.165, 1.54) is 12.8 Å². The molecule has 0 saturated carbocycles. The Balaban J connectivity index is 4.03. The summed E-state index contributed by atoms with van der Waals surface area (Å²) in [7, 11) is 0. The van der Waals surface area contributed by atoms with Crippen LogP contribution in [0.1, 0.15) is 97.3 Å². The predicted molar refractivity (Wildman–Crippen MR) is 89.1 cm³/mol. The first-order valence-corrected chi connectivity index (χ1v) is 8.93. The third-order valence-electron chi connectivity index (χ3n) is 4.69. The van der Waals surface area contributed by atoms with Gasteiger partial charge in [-0.05, 0) is 25.7 Å². The van der Waals surface area contributed by atoms with Crippen molar-refractivity contribution < 1.29 is 19.8 Å². The lowest BCUT2D eigenvalue weighted by Gasteiger charge is -2.28. The van der Waals surface area contributed by atoms with Gasteiger partial charge in [0.05, 0.1) is 5.41 Å². The van der Waals surface area contributed by atoms with Gasteiger partial charge in [-0.3, -0.25) is 9.59 Å². The molecule has 22 heavy (non-hydrogen) atoms. The van der Waals surface area contributed by atoms with Gasteiger partial charge in [-0.1, -0.05) is 65.2 Å². The molecule has 0 aromatic heterocycles. The molecule has 0 aliphatic carbocycles. The molecule has 0 spiro atoms. The monoisotopic (exact) mass is 314 g/mol. The van der Waals surface area contributed by atoms with E-state index in [9.17, 15) is 14.7 Å². The van der Waals surface area contributed by atoms with Crippen molar-refractivity contribution in [1.82, 2.24) is 0 Å². The zero-order valence-corrected chi connectivity index (χ0v) is 14.4. The maximum absolute atomic E-state index is 11.7. The van der Waals surface area contributed by atoms with Crippen LogP contribution in [0.5, 0.6) is 0 Å². The number of aliphatic carboxylic acids is 2. The van der Waals surface area contributed by atoms with Crippen LogP contribution in [0.4, 0.5) is 0 Å². The highest BCUT2D eigenvalue weighted by Gasteiger charge is 2.35. The Morgan fingerprint density at radius 3 is 1.73 bits per heavy atom. The van der Waals surface area contributed by atoms with Gasteiger partial charge in [0.1, 0.15) is 0 Å². The Morgan fingerprint density at radius 1 is 0.773 bits per heavy atom. The molecule has 0 saturated heterocycles. The van der Waals surface area contributed by atoms with Crippen molar-refractivity contribution in [2.75, 3.05) is 0 Å². The highest BCUT2D eigenvalue weighted by atomic mass is 16.4. The highest BCUT2D eigenvalue weighted by molar-refractivity contribution is 5.74. The molecule has 0 bridgehead atoms. The first kappa shape index (κ1) is 20.9. The molecule has 4 nitrogen and oxygen atoms in total. The fourth-order valence-corrected chi connectivity index (χ4v) is 3.00. The molecule has 1 unspecified atom stereocenters. The summed E-state index contributed by atoms with van der Waals surface area (Å²) in [6.07, 6.45) is 11.6. The lowest BCUT2D eigenvalue weighted by molar-refractivity contribution is -0.150. The van der Waals surface area contributed by atoms with E-state index in [-0.39, 0.29) is 6.42 Å². The highest BCUT2D eigenvalue weighted by Crippen LogP contribution is 2.35. The van der Waals surface area contributed by atoms with Gasteiger partial charge in [0.2, 0.25) is 0 Å². The summed E-state index contributed by atoms with van der Waals surface area (Å²) >= 11 is 0. The molecule has 0 aliphatic heterocycles. The number of hydrogen-bond donors (Lipinski definition) is 2. The number of carboxylic acids is 2. The summed E-state index contributed by atoms with van der Waals surface area (Å²) in [5.74, 6) is -1.37. The topological polar surface area (TPSA) is 74.6 Å². The minimum Gasteiger partial charge on any atom is -0.481 e. The van der Waals surface area contributed by atoms with E-state index in [0.717, 1.165) is 57.8 Å². The number of carboxylic acid groups (broad SMARTS) is 2. The van der Waals surface area contributed by atoms with Crippen LogP contribution in [-0.4, -0.2) is 22.2 Å². The third kappa shape index (κ3) is 9.06. The molecule has 0 aromatic rings. The third-order valence-corrected chi connectivity index (χ3v) is 4.69. The molecule has 0 heterocycles. The molecular weight excluding hydrogens is 280 g/mol. The molecule has 0 fully saturated rings. The summed E-state index contributed by atoms with van der Waals surface area (Å²) in [6.45, 7) is 4.15. The summed E-state index contributed by atoms with van der Waals surface area (Å²) in [4.78, 5) is 22.1. The van der Waals surface area contributed by atoms with Crippen molar-refractivity contribution in [3.8, 4) is 0 Å². The van der Waals surface area contributed by atoms with Crippen molar-refractivity contribution in [2.45, 2.75) is 97.3 Å². The molecule has 2 N–H and O–H groups in total. The van der Waals surface area contributed by atoms with Gasteiger partial charge < -0.3 is 10.2 Å². The zero-order chi connectivity index (χ0) is 16.8. The van der Waals surface area contributed by atoms with Crippen LogP contribution in [0.3, 0.4) is 0 Å². The quantitative estimate of drug-likeness (QED) is 0.405. The first-order chi connectivity index (χ1) is 10.5.